The summed E-state index contributed by atoms with van der Waals surface area (Å²) < 4.78 is 15.2. The maximum atomic E-state index is 15.2. The average Bonchev–Trinajstić information content (AvgIpc) is 3.16. The molecule has 1 aliphatic rings. The Kier molecular flexibility index (Phi) is 5.28. The second-order valence-corrected chi connectivity index (χ2v) is 7.34. The number of nitrogens with zero attached hydrogens (tertiary/aromatic N) is 2. The number of halogens is 1. The standard InChI is InChI=1S/C24H20FN5O2/c1-3-17-18(13-4-6-14(26)7-5-13)19(21(30-17)23(27)32)15-8-9-16(20(25)22(15)31)24-28-11-10-12(2)29-24/h3-11,15,30H,1,26H2,2H3,(H2,27,32). The number of anilines is 1. The Morgan fingerprint density at radius 1 is 1.25 bits per heavy atom. The minimum Gasteiger partial charge on any atom is -0.399 e. The number of aromatic amines is 1. The number of amides is 1. The van der Waals surface area contributed by atoms with E-state index in [-0.39, 0.29) is 22.7 Å². The molecule has 160 valence electrons. The van der Waals surface area contributed by atoms with Crippen LogP contribution in [-0.4, -0.2) is 26.6 Å². The zero-order chi connectivity index (χ0) is 23.0. The number of nitrogen functional groups attached to an aromatic ring is 1. The maximum absolute atomic E-state index is 15.2. The molecule has 1 unspecified atom stereocenters. The van der Waals surface area contributed by atoms with E-state index in [4.69, 9.17) is 11.5 Å². The van der Waals surface area contributed by atoms with E-state index in [9.17, 15) is 9.59 Å². The lowest BCUT2D eigenvalue weighted by atomic mass is 9.83. The molecule has 7 nitrogen and oxygen atoms in total. The molecule has 1 atom stereocenters. The van der Waals surface area contributed by atoms with E-state index in [0.29, 0.717) is 28.2 Å². The lowest BCUT2D eigenvalue weighted by Gasteiger charge is -2.19. The number of aromatic nitrogens is 3. The minimum absolute atomic E-state index is 0.0101. The highest BCUT2D eigenvalue weighted by Gasteiger charge is 2.35. The monoisotopic (exact) mass is 429 g/mol. The molecule has 0 aliphatic heterocycles. The van der Waals surface area contributed by atoms with Crippen molar-refractivity contribution in [1.82, 2.24) is 15.0 Å². The maximum Gasteiger partial charge on any atom is 0.265 e. The first kappa shape index (κ1) is 20.9. The fourth-order valence-corrected chi connectivity index (χ4v) is 3.75. The molecule has 0 spiro atoms. The number of carbonyl (C=O) groups excluding carboxylic acids is 2. The second kappa shape index (κ2) is 8.07. The van der Waals surface area contributed by atoms with Crippen LogP contribution in [0.2, 0.25) is 0 Å². The lowest BCUT2D eigenvalue weighted by molar-refractivity contribution is -0.117. The lowest BCUT2D eigenvalue weighted by Crippen LogP contribution is -2.21. The highest BCUT2D eigenvalue weighted by atomic mass is 19.1. The molecule has 8 heteroatoms. The molecule has 1 amide bonds. The summed E-state index contributed by atoms with van der Waals surface area (Å²) in [5.74, 6) is -3.54. The predicted octanol–water partition coefficient (Wildman–Crippen LogP) is 3.71. The van der Waals surface area contributed by atoms with E-state index < -0.39 is 23.4 Å². The summed E-state index contributed by atoms with van der Waals surface area (Å²) in [6.07, 6.45) is 5.98. The number of primary amides is 1. The number of H-pyrrole nitrogens is 1. The van der Waals surface area contributed by atoms with Gasteiger partial charge >= 0.3 is 0 Å². The number of hydrogen-bond donors (Lipinski definition) is 3. The number of ketones is 1. The number of aryl methyl sites for hydroxylation is 1. The van der Waals surface area contributed by atoms with Crippen LogP contribution in [0.25, 0.3) is 22.8 Å². The summed E-state index contributed by atoms with van der Waals surface area (Å²) in [4.78, 5) is 36.6. The second-order valence-electron chi connectivity index (χ2n) is 7.34. The molecule has 0 saturated carbocycles. The van der Waals surface area contributed by atoms with E-state index >= 15 is 4.39 Å². The summed E-state index contributed by atoms with van der Waals surface area (Å²) >= 11 is 0. The number of rotatable bonds is 5. The molecular formula is C24H20FN5O2. The molecule has 0 fully saturated rings. The van der Waals surface area contributed by atoms with Gasteiger partial charge in [-0.25, -0.2) is 14.4 Å². The average molecular weight is 429 g/mol. The third kappa shape index (κ3) is 3.51. The van der Waals surface area contributed by atoms with Crippen molar-refractivity contribution in [3.8, 4) is 11.1 Å². The number of nitrogens with two attached hydrogens (primary N) is 2. The van der Waals surface area contributed by atoms with Crippen molar-refractivity contribution in [3.63, 3.8) is 0 Å². The predicted molar refractivity (Wildman–Crippen MR) is 121 cm³/mol. The molecule has 32 heavy (non-hydrogen) atoms. The quantitative estimate of drug-likeness (QED) is 0.533. The Morgan fingerprint density at radius 2 is 1.97 bits per heavy atom. The van der Waals surface area contributed by atoms with E-state index in [1.165, 1.54) is 24.4 Å². The highest BCUT2D eigenvalue weighted by molar-refractivity contribution is 6.11. The first-order valence-corrected chi connectivity index (χ1v) is 9.78. The van der Waals surface area contributed by atoms with Crippen molar-refractivity contribution in [1.29, 1.82) is 0 Å². The summed E-state index contributed by atoms with van der Waals surface area (Å²) in [6.45, 7) is 5.52. The van der Waals surface area contributed by atoms with Gasteiger partial charge in [0.25, 0.3) is 5.91 Å². The zero-order valence-electron chi connectivity index (χ0n) is 17.2. The summed E-state index contributed by atoms with van der Waals surface area (Å²) in [5.41, 5.74) is 14.5. The largest absolute Gasteiger partial charge is 0.399 e. The zero-order valence-corrected chi connectivity index (χ0v) is 17.2. The van der Waals surface area contributed by atoms with E-state index in [0.717, 1.165) is 0 Å². The van der Waals surface area contributed by atoms with E-state index in [1.807, 2.05) is 0 Å². The van der Waals surface area contributed by atoms with Gasteiger partial charge in [-0.05, 0) is 36.8 Å². The molecule has 2 aromatic heterocycles. The first-order valence-electron chi connectivity index (χ1n) is 9.78. The fraction of sp³-hybridized carbons (Fsp3) is 0.0833. The van der Waals surface area contributed by atoms with Crippen LogP contribution in [0.1, 0.15) is 39.2 Å². The van der Waals surface area contributed by atoms with Gasteiger partial charge in [0, 0.05) is 34.4 Å². The molecule has 5 N–H and O–H groups in total. The van der Waals surface area contributed by atoms with Gasteiger partial charge in [-0.15, -0.1) is 0 Å². The number of benzene rings is 1. The van der Waals surface area contributed by atoms with E-state index in [1.54, 1.807) is 37.3 Å². The number of Topliss-reactive ketones (excluding diaryl/α,β-unsaturated/α-hetero) is 1. The van der Waals surface area contributed by atoms with Gasteiger partial charge in [0.05, 0.1) is 11.5 Å². The van der Waals surface area contributed by atoms with Crippen LogP contribution in [0.4, 0.5) is 10.1 Å². The van der Waals surface area contributed by atoms with Gasteiger partial charge in [-0.2, -0.15) is 0 Å². The third-order valence-corrected chi connectivity index (χ3v) is 5.25. The Bertz CT molecular complexity index is 1320. The Labute approximate surface area is 183 Å². The number of nitrogens with one attached hydrogen (secondary N) is 1. The minimum atomic E-state index is -1.08. The van der Waals surface area contributed by atoms with Crippen molar-refractivity contribution in [2.75, 3.05) is 5.73 Å². The SMILES string of the molecule is C=Cc1[nH]c(C(N)=O)c(C2C=CC(c3nccc(C)n3)=C(F)C2=O)c1-c1ccc(N)cc1. The van der Waals surface area contributed by atoms with Crippen LogP contribution in [-0.2, 0) is 4.79 Å². The van der Waals surface area contributed by atoms with Crippen LogP contribution >= 0.6 is 0 Å². The van der Waals surface area contributed by atoms with Crippen LogP contribution in [0, 0.1) is 6.92 Å². The van der Waals surface area contributed by atoms with E-state index in [2.05, 4.69) is 21.5 Å². The summed E-state index contributed by atoms with van der Waals surface area (Å²) in [5, 5.41) is 0. The Balaban J connectivity index is 1.89. The molecule has 0 radical (unpaired) electrons. The van der Waals surface area contributed by atoms with Gasteiger partial charge in [0.1, 0.15) is 5.69 Å². The molecule has 0 bridgehead atoms. The third-order valence-electron chi connectivity index (χ3n) is 5.25. The van der Waals surface area contributed by atoms with Gasteiger partial charge in [-0.1, -0.05) is 30.9 Å². The van der Waals surface area contributed by atoms with Gasteiger partial charge in [0.2, 0.25) is 5.78 Å². The van der Waals surface area contributed by atoms with Crippen LogP contribution in [0.5, 0.6) is 0 Å². The number of hydrogen-bond acceptors (Lipinski definition) is 5. The normalized spacial score (nSPS) is 15.8. The summed E-state index contributed by atoms with van der Waals surface area (Å²) in [6, 6.07) is 8.54. The van der Waals surface area contributed by atoms with Crippen molar-refractivity contribution < 1.29 is 14.0 Å². The van der Waals surface area contributed by atoms with Crippen molar-refractivity contribution in [3.05, 3.63) is 89.6 Å². The first-order chi connectivity index (χ1) is 15.3. The molecule has 4 rings (SSSR count). The van der Waals surface area contributed by atoms with Crippen molar-refractivity contribution >= 4 is 29.0 Å². The topological polar surface area (TPSA) is 128 Å². The molecule has 2 heterocycles. The fourth-order valence-electron chi connectivity index (χ4n) is 3.75. The van der Waals surface area contributed by atoms with Gasteiger partial charge in [0.15, 0.2) is 11.7 Å². The molecule has 1 aliphatic carbocycles. The molecular weight excluding hydrogens is 409 g/mol. The summed E-state index contributed by atoms with van der Waals surface area (Å²) in [7, 11) is 0. The smallest absolute Gasteiger partial charge is 0.265 e. The Morgan fingerprint density at radius 3 is 2.59 bits per heavy atom. The number of carbonyl (C=O) groups is 2. The van der Waals surface area contributed by atoms with Crippen molar-refractivity contribution in [2.45, 2.75) is 12.8 Å². The molecule has 1 aromatic carbocycles. The van der Waals surface area contributed by atoms with Crippen molar-refractivity contribution in [2.24, 2.45) is 5.73 Å². The molecule has 3 aromatic rings. The Hall–Kier alpha value is -4.33. The highest BCUT2D eigenvalue weighted by Crippen LogP contribution is 2.41. The molecule has 0 saturated heterocycles. The van der Waals surface area contributed by atoms with Gasteiger partial charge < -0.3 is 16.5 Å². The number of allylic oxidation sites excluding steroid dienone is 4. The van der Waals surface area contributed by atoms with Crippen LogP contribution in [0.3, 0.4) is 0 Å². The van der Waals surface area contributed by atoms with Gasteiger partial charge in [-0.3, -0.25) is 9.59 Å². The van der Waals surface area contributed by atoms with Crippen LogP contribution in [0.15, 0.2) is 61.1 Å². The van der Waals surface area contributed by atoms with Crippen LogP contribution < -0.4 is 11.5 Å².